The summed E-state index contributed by atoms with van der Waals surface area (Å²) in [6.07, 6.45) is 3.57. The summed E-state index contributed by atoms with van der Waals surface area (Å²) in [4.78, 5) is 16.1. The van der Waals surface area contributed by atoms with Crippen LogP contribution in [0.1, 0.15) is 11.4 Å². The molecule has 19 heavy (non-hydrogen) atoms. The summed E-state index contributed by atoms with van der Waals surface area (Å²) in [6.45, 7) is 3.82. The summed E-state index contributed by atoms with van der Waals surface area (Å²) in [5.41, 5.74) is 2.58. The number of nitrogens with one attached hydrogen (secondary N) is 1. The molecule has 0 aliphatic heterocycles. The summed E-state index contributed by atoms with van der Waals surface area (Å²) in [6, 6.07) is 0. The SMILES string of the molecule is Cc1nn(C)c(C)c1NC(=O)CSc1nccn1C. The van der Waals surface area contributed by atoms with Crippen LogP contribution >= 0.6 is 11.8 Å². The van der Waals surface area contributed by atoms with Crippen molar-refractivity contribution in [2.75, 3.05) is 11.1 Å². The van der Waals surface area contributed by atoms with Crippen LogP contribution in [-0.4, -0.2) is 31.0 Å². The standard InChI is InChI=1S/C12H17N5OS/c1-8-11(9(2)17(4)15-8)14-10(18)7-19-12-13-5-6-16(12)3/h5-6H,7H2,1-4H3,(H,14,18). The first-order chi connectivity index (χ1) is 8.99. The number of hydrogen-bond acceptors (Lipinski definition) is 4. The normalized spacial score (nSPS) is 10.7. The minimum absolute atomic E-state index is 0.0489. The van der Waals surface area contributed by atoms with Crippen molar-refractivity contribution in [1.29, 1.82) is 0 Å². The molecule has 0 bridgehead atoms. The molecule has 0 atom stereocenters. The Morgan fingerprint density at radius 3 is 2.68 bits per heavy atom. The molecule has 1 amide bonds. The van der Waals surface area contributed by atoms with E-state index in [2.05, 4.69) is 15.4 Å². The van der Waals surface area contributed by atoms with Crippen molar-refractivity contribution < 1.29 is 4.79 Å². The van der Waals surface area contributed by atoms with Crippen molar-refractivity contribution in [3.8, 4) is 0 Å². The quantitative estimate of drug-likeness (QED) is 0.861. The van der Waals surface area contributed by atoms with E-state index in [1.54, 1.807) is 10.9 Å². The molecule has 2 rings (SSSR count). The van der Waals surface area contributed by atoms with Crippen molar-refractivity contribution in [3.63, 3.8) is 0 Å². The highest BCUT2D eigenvalue weighted by Gasteiger charge is 2.13. The molecule has 0 fully saturated rings. The average Bonchev–Trinajstić information content (AvgIpc) is 2.86. The third kappa shape index (κ3) is 2.98. The van der Waals surface area contributed by atoms with Gasteiger partial charge in [0.15, 0.2) is 5.16 Å². The zero-order chi connectivity index (χ0) is 14.0. The van der Waals surface area contributed by atoms with Gasteiger partial charge < -0.3 is 9.88 Å². The Bertz CT molecular complexity index is 601. The van der Waals surface area contributed by atoms with Gasteiger partial charge in [0.1, 0.15) is 0 Å². The zero-order valence-corrected chi connectivity index (χ0v) is 12.3. The number of nitrogens with zero attached hydrogens (tertiary/aromatic N) is 4. The molecule has 0 aliphatic rings. The molecule has 102 valence electrons. The van der Waals surface area contributed by atoms with E-state index in [4.69, 9.17) is 0 Å². The Balaban J connectivity index is 1.96. The monoisotopic (exact) mass is 279 g/mol. The third-order valence-corrected chi connectivity index (χ3v) is 3.94. The number of imidazole rings is 1. The molecule has 0 radical (unpaired) electrons. The lowest BCUT2D eigenvalue weighted by molar-refractivity contribution is -0.113. The number of aryl methyl sites for hydroxylation is 3. The molecule has 0 saturated heterocycles. The molecule has 6 nitrogen and oxygen atoms in total. The fraction of sp³-hybridized carbons (Fsp3) is 0.417. The van der Waals surface area contributed by atoms with Gasteiger partial charge in [0.05, 0.1) is 22.8 Å². The first-order valence-corrected chi connectivity index (χ1v) is 6.87. The fourth-order valence-electron chi connectivity index (χ4n) is 1.75. The highest BCUT2D eigenvalue weighted by molar-refractivity contribution is 7.99. The summed E-state index contributed by atoms with van der Waals surface area (Å²) >= 11 is 1.41. The predicted molar refractivity (Wildman–Crippen MR) is 75.2 cm³/mol. The second kappa shape index (κ2) is 5.48. The van der Waals surface area contributed by atoms with Crippen molar-refractivity contribution in [2.24, 2.45) is 14.1 Å². The number of amides is 1. The van der Waals surface area contributed by atoms with Crippen LogP contribution in [0.5, 0.6) is 0 Å². The highest BCUT2D eigenvalue weighted by atomic mass is 32.2. The lowest BCUT2D eigenvalue weighted by atomic mass is 10.3. The van der Waals surface area contributed by atoms with Gasteiger partial charge in [0.25, 0.3) is 0 Å². The van der Waals surface area contributed by atoms with Gasteiger partial charge >= 0.3 is 0 Å². The highest BCUT2D eigenvalue weighted by Crippen LogP contribution is 2.20. The fourth-order valence-corrected chi connectivity index (χ4v) is 2.48. The maximum atomic E-state index is 11.9. The van der Waals surface area contributed by atoms with Crippen LogP contribution in [0.25, 0.3) is 0 Å². The third-order valence-electron chi connectivity index (χ3n) is 2.88. The Kier molecular flexibility index (Phi) is 3.94. The lowest BCUT2D eigenvalue weighted by Gasteiger charge is -2.05. The molecule has 1 N–H and O–H groups in total. The first kappa shape index (κ1) is 13.7. The minimum Gasteiger partial charge on any atom is -0.329 e. The zero-order valence-electron chi connectivity index (χ0n) is 11.5. The Labute approximate surface area is 116 Å². The van der Waals surface area contributed by atoms with Crippen molar-refractivity contribution in [2.45, 2.75) is 19.0 Å². The number of hydrogen-bond donors (Lipinski definition) is 1. The summed E-state index contributed by atoms with van der Waals surface area (Å²) in [5.74, 6) is 0.283. The van der Waals surface area contributed by atoms with Gasteiger partial charge in [-0.1, -0.05) is 11.8 Å². The van der Waals surface area contributed by atoms with Crippen molar-refractivity contribution in [3.05, 3.63) is 23.8 Å². The van der Waals surface area contributed by atoms with Crippen molar-refractivity contribution >= 4 is 23.4 Å². The van der Waals surface area contributed by atoms with Crippen LogP contribution < -0.4 is 5.32 Å². The molecular weight excluding hydrogens is 262 g/mol. The second-order valence-corrected chi connectivity index (χ2v) is 5.27. The molecule has 0 saturated carbocycles. The van der Waals surface area contributed by atoms with Crippen LogP contribution in [0.3, 0.4) is 0 Å². The van der Waals surface area contributed by atoms with Gasteiger partial charge in [0.2, 0.25) is 5.91 Å². The van der Waals surface area contributed by atoms with Crippen LogP contribution in [0.4, 0.5) is 5.69 Å². The topological polar surface area (TPSA) is 64.7 Å². The van der Waals surface area contributed by atoms with E-state index >= 15 is 0 Å². The second-order valence-electron chi connectivity index (χ2n) is 4.33. The smallest absolute Gasteiger partial charge is 0.234 e. The van der Waals surface area contributed by atoms with Gasteiger partial charge in [0, 0.05) is 26.5 Å². The molecule has 2 aromatic rings. The van der Waals surface area contributed by atoms with E-state index < -0.39 is 0 Å². The minimum atomic E-state index is -0.0489. The van der Waals surface area contributed by atoms with Gasteiger partial charge in [-0.15, -0.1) is 0 Å². The van der Waals surface area contributed by atoms with Gasteiger partial charge in [-0.2, -0.15) is 5.10 Å². The maximum Gasteiger partial charge on any atom is 0.234 e. The Morgan fingerprint density at radius 1 is 1.42 bits per heavy atom. The van der Waals surface area contributed by atoms with Crippen LogP contribution in [0.15, 0.2) is 17.6 Å². The number of thioether (sulfide) groups is 1. The van der Waals surface area contributed by atoms with E-state index in [1.165, 1.54) is 11.8 Å². The first-order valence-electron chi connectivity index (χ1n) is 5.89. The van der Waals surface area contributed by atoms with E-state index in [0.29, 0.717) is 5.75 Å². The predicted octanol–water partition coefficient (Wildman–Crippen LogP) is 1.50. The molecule has 0 aliphatic carbocycles. The van der Waals surface area contributed by atoms with Crippen LogP contribution in [0, 0.1) is 13.8 Å². The van der Waals surface area contributed by atoms with Crippen LogP contribution in [0.2, 0.25) is 0 Å². The van der Waals surface area contributed by atoms with E-state index in [1.807, 2.05) is 38.7 Å². The Hall–Kier alpha value is -1.76. The lowest BCUT2D eigenvalue weighted by Crippen LogP contribution is -2.15. The molecular formula is C12H17N5OS. The molecule has 0 spiro atoms. The average molecular weight is 279 g/mol. The molecule has 0 aromatic carbocycles. The number of rotatable bonds is 4. The molecule has 2 heterocycles. The van der Waals surface area contributed by atoms with Gasteiger partial charge in [-0.25, -0.2) is 4.98 Å². The van der Waals surface area contributed by atoms with Gasteiger partial charge in [-0.3, -0.25) is 9.48 Å². The van der Waals surface area contributed by atoms with Gasteiger partial charge in [-0.05, 0) is 13.8 Å². The summed E-state index contributed by atoms with van der Waals surface area (Å²) in [7, 11) is 3.77. The number of carbonyl (C=O) groups excluding carboxylic acids is 1. The Morgan fingerprint density at radius 2 is 2.16 bits per heavy atom. The van der Waals surface area contributed by atoms with E-state index in [9.17, 15) is 4.79 Å². The molecule has 2 aromatic heterocycles. The van der Waals surface area contributed by atoms with Crippen LogP contribution in [-0.2, 0) is 18.9 Å². The number of anilines is 1. The van der Waals surface area contributed by atoms with E-state index in [-0.39, 0.29) is 5.91 Å². The largest absolute Gasteiger partial charge is 0.329 e. The summed E-state index contributed by atoms with van der Waals surface area (Å²) < 4.78 is 3.65. The molecule has 7 heteroatoms. The van der Waals surface area contributed by atoms with E-state index in [0.717, 1.165) is 22.2 Å². The maximum absolute atomic E-state index is 11.9. The van der Waals surface area contributed by atoms with Crippen molar-refractivity contribution in [1.82, 2.24) is 19.3 Å². The number of aromatic nitrogens is 4. The number of carbonyl (C=O) groups is 1. The summed E-state index contributed by atoms with van der Waals surface area (Å²) in [5, 5.41) is 8.00. The molecule has 0 unspecified atom stereocenters.